The maximum atomic E-state index is 12.3. The highest BCUT2D eigenvalue weighted by Crippen LogP contribution is 2.24. The van der Waals surface area contributed by atoms with Crippen molar-refractivity contribution in [1.82, 2.24) is 5.32 Å². The van der Waals surface area contributed by atoms with Crippen molar-refractivity contribution < 1.29 is 14.5 Å². The Labute approximate surface area is 133 Å². The molecule has 7 nitrogen and oxygen atoms in total. The van der Waals surface area contributed by atoms with Gasteiger partial charge in [0.1, 0.15) is 11.3 Å². The van der Waals surface area contributed by atoms with E-state index in [-0.39, 0.29) is 23.5 Å². The number of aryl methyl sites for hydroxylation is 1. The molecule has 7 heteroatoms. The van der Waals surface area contributed by atoms with Gasteiger partial charge in [0.2, 0.25) is 0 Å². The summed E-state index contributed by atoms with van der Waals surface area (Å²) in [7, 11) is 1.58. The van der Waals surface area contributed by atoms with Crippen molar-refractivity contribution in [3.8, 4) is 5.75 Å². The van der Waals surface area contributed by atoms with Gasteiger partial charge in [-0.2, -0.15) is 0 Å². The highest BCUT2D eigenvalue weighted by atomic mass is 16.6. The fourth-order valence-electron chi connectivity index (χ4n) is 2.28. The van der Waals surface area contributed by atoms with Crippen molar-refractivity contribution in [2.24, 2.45) is 0 Å². The molecule has 0 aliphatic carbocycles. The van der Waals surface area contributed by atoms with Crippen LogP contribution in [-0.4, -0.2) is 17.9 Å². The molecule has 1 amide bonds. The van der Waals surface area contributed by atoms with Gasteiger partial charge in [0, 0.05) is 12.6 Å². The number of benzene rings is 2. The second kappa shape index (κ2) is 6.78. The number of hydrogen-bond donors (Lipinski definition) is 2. The van der Waals surface area contributed by atoms with E-state index in [0.29, 0.717) is 0 Å². The molecule has 0 atom stereocenters. The lowest BCUT2D eigenvalue weighted by Crippen LogP contribution is -2.24. The summed E-state index contributed by atoms with van der Waals surface area (Å²) in [5.41, 5.74) is 7.14. The number of nitrogens with two attached hydrogens (primary N) is 1. The number of amides is 1. The highest BCUT2D eigenvalue weighted by Gasteiger charge is 2.22. The lowest BCUT2D eigenvalue weighted by atomic mass is 10.1. The summed E-state index contributed by atoms with van der Waals surface area (Å²) >= 11 is 0. The van der Waals surface area contributed by atoms with E-state index in [1.807, 2.05) is 19.1 Å². The first kappa shape index (κ1) is 16.3. The molecule has 0 spiro atoms. The number of carbonyl (C=O) groups is 1. The number of hydrogen-bond acceptors (Lipinski definition) is 5. The second-order valence-corrected chi connectivity index (χ2v) is 4.99. The first-order chi connectivity index (χ1) is 10.9. The molecule has 0 aliphatic heterocycles. The van der Waals surface area contributed by atoms with Gasteiger partial charge in [-0.15, -0.1) is 0 Å². The minimum atomic E-state index is -0.622. The van der Waals surface area contributed by atoms with Crippen molar-refractivity contribution in [3.63, 3.8) is 0 Å². The zero-order valence-corrected chi connectivity index (χ0v) is 12.8. The average molecular weight is 315 g/mol. The SMILES string of the molecule is COc1ccc(CNC(=O)c2c(N)cccc2[N+](=O)[O-])cc1C. The van der Waals surface area contributed by atoms with E-state index in [2.05, 4.69) is 5.32 Å². The van der Waals surface area contributed by atoms with Crippen molar-refractivity contribution in [1.29, 1.82) is 0 Å². The second-order valence-electron chi connectivity index (χ2n) is 4.99. The van der Waals surface area contributed by atoms with Crippen LogP contribution in [0.3, 0.4) is 0 Å². The van der Waals surface area contributed by atoms with E-state index in [4.69, 9.17) is 10.5 Å². The Morgan fingerprint density at radius 3 is 2.70 bits per heavy atom. The maximum absolute atomic E-state index is 12.3. The van der Waals surface area contributed by atoms with Gasteiger partial charge in [0.15, 0.2) is 0 Å². The van der Waals surface area contributed by atoms with E-state index in [0.717, 1.165) is 16.9 Å². The van der Waals surface area contributed by atoms with Crippen LogP contribution in [-0.2, 0) is 6.54 Å². The molecule has 0 fully saturated rings. The number of nitro groups is 1. The topological polar surface area (TPSA) is 107 Å². The van der Waals surface area contributed by atoms with Crippen LogP contribution in [0.4, 0.5) is 11.4 Å². The van der Waals surface area contributed by atoms with Crippen molar-refractivity contribution in [2.45, 2.75) is 13.5 Å². The summed E-state index contributed by atoms with van der Waals surface area (Å²) < 4.78 is 5.17. The van der Waals surface area contributed by atoms with Crippen molar-refractivity contribution in [3.05, 3.63) is 63.2 Å². The predicted molar refractivity (Wildman–Crippen MR) is 86.4 cm³/mol. The van der Waals surface area contributed by atoms with Crippen LogP contribution in [0.1, 0.15) is 21.5 Å². The van der Waals surface area contributed by atoms with Crippen LogP contribution in [0.25, 0.3) is 0 Å². The van der Waals surface area contributed by atoms with Crippen molar-refractivity contribution in [2.75, 3.05) is 12.8 Å². The predicted octanol–water partition coefficient (Wildman–Crippen LogP) is 2.42. The molecule has 23 heavy (non-hydrogen) atoms. The van der Waals surface area contributed by atoms with Gasteiger partial charge in [0.25, 0.3) is 11.6 Å². The number of carbonyl (C=O) groups excluding carboxylic acids is 1. The monoisotopic (exact) mass is 315 g/mol. The van der Waals surface area contributed by atoms with Gasteiger partial charge >= 0.3 is 0 Å². The molecule has 0 aliphatic rings. The van der Waals surface area contributed by atoms with Gasteiger partial charge < -0.3 is 15.8 Å². The summed E-state index contributed by atoms with van der Waals surface area (Å²) in [4.78, 5) is 22.7. The van der Waals surface area contributed by atoms with Crippen LogP contribution in [0, 0.1) is 17.0 Å². The lowest BCUT2D eigenvalue weighted by Gasteiger charge is -2.10. The molecule has 120 valence electrons. The number of nitrogens with one attached hydrogen (secondary N) is 1. The van der Waals surface area contributed by atoms with E-state index in [9.17, 15) is 14.9 Å². The van der Waals surface area contributed by atoms with Crippen molar-refractivity contribution >= 4 is 17.3 Å². The van der Waals surface area contributed by atoms with Crippen LogP contribution >= 0.6 is 0 Å². The largest absolute Gasteiger partial charge is 0.496 e. The molecule has 0 heterocycles. The molecule has 0 bridgehead atoms. The standard InChI is InChI=1S/C16H17N3O4/c1-10-8-11(6-7-14(10)23-2)9-18-16(20)15-12(17)4-3-5-13(15)19(21)22/h3-8H,9,17H2,1-2H3,(H,18,20). The Bertz CT molecular complexity index is 759. The number of methoxy groups -OCH3 is 1. The van der Waals surface area contributed by atoms with Gasteiger partial charge in [-0.1, -0.05) is 18.2 Å². The number of anilines is 1. The summed E-state index contributed by atoms with van der Waals surface area (Å²) in [6, 6.07) is 9.65. The highest BCUT2D eigenvalue weighted by molar-refractivity contribution is 6.03. The van der Waals surface area contributed by atoms with Crippen LogP contribution < -0.4 is 15.8 Å². The minimum absolute atomic E-state index is 0.0719. The number of nitro benzene ring substituents is 1. The Morgan fingerprint density at radius 1 is 1.35 bits per heavy atom. The Kier molecular flexibility index (Phi) is 4.80. The molecular weight excluding hydrogens is 298 g/mol. The van der Waals surface area contributed by atoms with E-state index in [1.54, 1.807) is 13.2 Å². The summed E-state index contributed by atoms with van der Waals surface area (Å²) in [5, 5.41) is 13.7. The first-order valence-electron chi connectivity index (χ1n) is 6.88. The van der Waals surface area contributed by atoms with Gasteiger partial charge in [0.05, 0.1) is 17.7 Å². The Hall–Kier alpha value is -3.09. The third-order valence-electron chi connectivity index (χ3n) is 3.41. The molecule has 3 N–H and O–H groups in total. The zero-order chi connectivity index (χ0) is 17.0. The summed E-state index contributed by atoms with van der Waals surface area (Å²) in [6.45, 7) is 2.12. The average Bonchev–Trinajstić information content (AvgIpc) is 2.52. The third kappa shape index (κ3) is 3.57. The molecule has 2 aromatic rings. The number of nitrogens with zero attached hydrogens (tertiary/aromatic N) is 1. The van der Waals surface area contributed by atoms with Gasteiger partial charge in [-0.05, 0) is 30.2 Å². The molecule has 2 aromatic carbocycles. The van der Waals surface area contributed by atoms with Crippen LogP contribution in [0.15, 0.2) is 36.4 Å². The fourth-order valence-corrected chi connectivity index (χ4v) is 2.28. The molecule has 0 unspecified atom stereocenters. The molecule has 0 saturated carbocycles. The Morgan fingerprint density at radius 2 is 2.09 bits per heavy atom. The third-order valence-corrected chi connectivity index (χ3v) is 3.41. The molecule has 0 aromatic heterocycles. The van der Waals surface area contributed by atoms with E-state index >= 15 is 0 Å². The molecular formula is C16H17N3O4. The number of ether oxygens (including phenoxy) is 1. The molecule has 2 rings (SSSR count). The molecule has 0 radical (unpaired) electrons. The zero-order valence-electron chi connectivity index (χ0n) is 12.8. The van der Waals surface area contributed by atoms with Gasteiger partial charge in [-0.25, -0.2) is 0 Å². The maximum Gasteiger partial charge on any atom is 0.284 e. The Balaban J connectivity index is 2.17. The normalized spacial score (nSPS) is 10.2. The fraction of sp³-hybridized carbons (Fsp3) is 0.188. The number of nitrogen functional groups attached to an aromatic ring is 1. The van der Waals surface area contributed by atoms with E-state index in [1.165, 1.54) is 18.2 Å². The summed E-state index contributed by atoms with van der Waals surface area (Å²) in [5.74, 6) is 0.172. The summed E-state index contributed by atoms with van der Waals surface area (Å²) in [6.07, 6.45) is 0. The number of rotatable bonds is 5. The van der Waals surface area contributed by atoms with Gasteiger partial charge in [-0.3, -0.25) is 14.9 Å². The first-order valence-corrected chi connectivity index (χ1v) is 6.88. The smallest absolute Gasteiger partial charge is 0.284 e. The lowest BCUT2D eigenvalue weighted by molar-refractivity contribution is -0.385. The van der Waals surface area contributed by atoms with E-state index < -0.39 is 10.8 Å². The quantitative estimate of drug-likeness (QED) is 0.500. The van der Waals surface area contributed by atoms with Crippen LogP contribution in [0.5, 0.6) is 5.75 Å². The molecule has 0 saturated heterocycles. The van der Waals surface area contributed by atoms with Crippen LogP contribution in [0.2, 0.25) is 0 Å². The minimum Gasteiger partial charge on any atom is -0.496 e.